The molecule has 172 valence electrons. The molecule has 8 nitrogen and oxygen atoms in total. The van der Waals surface area contributed by atoms with Crippen LogP contribution in [0.3, 0.4) is 0 Å². The molecule has 33 heavy (non-hydrogen) atoms. The van der Waals surface area contributed by atoms with Crippen molar-refractivity contribution in [1.82, 2.24) is 19.9 Å². The molecule has 0 radical (unpaired) electrons. The van der Waals surface area contributed by atoms with Crippen molar-refractivity contribution >= 4 is 28.7 Å². The van der Waals surface area contributed by atoms with Crippen LogP contribution in [-0.4, -0.2) is 39.3 Å². The number of nitrogens with one attached hydrogen (secondary N) is 2. The lowest BCUT2D eigenvalue weighted by Crippen LogP contribution is -2.24. The molecule has 0 unspecified atom stereocenters. The number of ether oxygens (including phenoxy) is 1. The van der Waals surface area contributed by atoms with Crippen molar-refractivity contribution in [3.63, 3.8) is 0 Å². The highest BCUT2D eigenvalue weighted by Crippen LogP contribution is 2.45. The highest BCUT2D eigenvalue weighted by molar-refractivity contribution is 7.99. The van der Waals surface area contributed by atoms with E-state index >= 15 is 0 Å². The van der Waals surface area contributed by atoms with Crippen LogP contribution in [-0.2, 0) is 4.79 Å². The fraction of sp³-hybridized carbons (Fsp3) is 0.417. The van der Waals surface area contributed by atoms with Crippen LogP contribution in [0, 0.1) is 16.7 Å². The topological polar surface area (TPSA) is 113 Å². The fourth-order valence-electron chi connectivity index (χ4n) is 3.35. The lowest BCUT2D eigenvalue weighted by Gasteiger charge is -2.14. The highest BCUT2D eigenvalue weighted by atomic mass is 32.2. The van der Waals surface area contributed by atoms with E-state index in [0.717, 1.165) is 11.4 Å². The van der Waals surface area contributed by atoms with Crippen molar-refractivity contribution in [2.24, 2.45) is 5.41 Å². The first kappa shape index (κ1) is 22.9. The number of carbonyl (C=O) groups excluding carboxylic acids is 1. The largest absolute Gasteiger partial charge is 0.493 e. The summed E-state index contributed by atoms with van der Waals surface area (Å²) in [7, 11) is 0. The molecule has 1 aromatic carbocycles. The number of nitrogens with zero attached hydrogens (tertiary/aromatic N) is 3. The van der Waals surface area contributed by atoms with Gasteiger partial charge in [0.1, 0.15) is 11.4 Å². The van der Waals surface area contributed by atoms with Crippen molar-refractivity contribution < 1.29 is 9.53 Å². The Bertz CT molecular complexity index is 1220. The van der Waals surface area contributed by atoms with Gasteiger partial charge in [-0.15, -0.1) is 0 Å². The van der Waals surface area contributed by atoms with Gasteiger partial charge < -0.3 is 15.0 Å². The Morgan fingerprint density at radius 1 is 1.33 bits per heavy atom. The minimum atomic E-state index is -0.142. The molecule has 1 aliphatic carbocycles. The zero-order chi connectivity index (χ0) is 23.3. The van der Waals surface area contributed by atoms with Gasteiger partial charge >= 0.3 is 0 Å². The first-order valence-electron chi connectivity index (χ1n) is 11.1. The maximum Gasteiger partial charge on any atom is 0.268 e. The molecule has 1 amide bonds. The highest BCUT2D eigenvalue weighted by Gasteiger charge is 2.38. The van der Waals surface area contributed by atoms with Gasteiger partial charge in [-0.3, -0.25) is 14.2 Å². The standard InChI is InChI=1S/C24H27N5O3S/c1-24(10-11-24)16-32-18-7-5-17(6-8-18)29-22(31)19-9-14-27-21(19)28-23(29)33-15-2-4-20(30)26-13-3-12-25/h5-9,14,27H,2-4,10-11,13,15-16H2,1H3,(H,26,30). The number of aromatic amines is 1. The van der Waals surface area contributed by atoms with Gasteiger partial charge in [0.25, 0.3) is 5.56 Å². The summed E-state index contributed by atoms with van der Waals surface area (Å²) < 4.78 is 7.52. The monoisotopic (exact) mass is 465 g/mol. The summed E-state index contributed by atoms with van der Waals surface area (Å²) in [6.07, 6.45) is 5.40. The van der Waals surface area contributed by atoms with E-state index in [1.807, 2.05) is 30.3 Å². The molecule has 2 heterocycles. The Kier molecular flexibility index (Phi) is 7.04. The summed E-state index contributed by atoms with van der Waals surface area (Å²) in [4.78, 5) is 32.7. The molecule has 9 heteroatoms. The van der Waals surface area contributed by atoms with Crippen LogP contribution < -0.4 is 15.6 Å². The van der Waals surface area contributed by atoms with Crippen molar-refractivity contribution in [1.29, 1.82) is 5.26 Å². The molecular weight excluding hydrogens is 438 g/mol. The van der Waals surface area contributed by atoms with Gasteiger partial charge in [0, 0.05) is 30.3 Å². The maximum absolute atomic E-state index is 13.2. The molecule has 0 saturated heterocycles. The minimum absolute atomic E-state index is 0.0772. The summed E-state index contributed by atoms with van der Waals surface area (Å²) in [5, 5.41) is 12.4. The van der Waals surface area contributed by atoms with E-state index < -0.39 is 0 Å². The number of amides is 1. The second-order valence-corrected chi connectivity index (χ2v) is 9.64. The molecule has 0 bridgehead atoms. The number of benzene rings is 1. The molecule has 4 rings (SSSR count). The number of H-pyrrole nitrogens is 1. The van der Waals surface area contributed by atoms with E-state index in [4.69, 9.17) is 10.00 Å². The first-order chi connectivity index (χ1) is 16.0. The van der Waals surface area contributed by atoms with Crippen LogP contribution in [0.1, 0.15) is 39.0 Å². The number of aromatic nitrogens is 3. The van der Waals surface area contributed by atoms with E-state index in [2.05, 4.69) is 22.2 Å². The maximum atomic E-state index is 13.2. The molecule has 2 N–H and O–H groups in total. The molecule has 3 aromatic rings. The smallest absolute Gasteiger partial charge is 0.268 e. The van der Waals surface area contributed by atoms with E-state index in [1.165, 1.54) is 24.6 Å². The molecule has 1 saturated carbocycles. The van der Waals surface area contributed by atoms with Crippen LogP contribution in [0.2, 0.25) is 0 Å². The van der Waals surface area contributed by atoms with E-state index in [-0.39, 0.29) is 11.5 Å². The zero-order valence-electron chi connectivity index (χ0n) is 18.6. The number of thioether (sulfide) groups is 1. The normalized spacial score (nSPS) is 14.1. The van der Waals surface area contributed by atoms with Crippen molar-refractivity contribution in [3.05, 3.63) is 46.9 Å². The predicted molar refractivity (Wildman–Crippen MR) is 128 cm³/mol. The number of rotatable bonds is 11. The average molecular weight is 466 g/mol. The second-order valence-electron chi connectivity index (χ2n) is 8.58. The summed E-state index contributed by atoms with van der Waals surface area (Å²) in [6.45, 7) is 3.29. The number of hydrogen-bond donors (Lipinski definition) is 2. The van der Waals surface area contributed by atoms with Gasteiger partial charge in [-0.1, -0.05) is 18.7 Å². The van der Waals surface area contributed by atoms with Gasteiger partial charge in [0.15, 0.2) is 5.16 Å². The summed E-state index contributed by atoms with van der Waals surface area (Å²) in [6, 6.07) is 11.2. The van der Waals surface area contributed by atoms with Crippen molar-refractivity contribution in [2.75, 3.05) is 18.9 Å². The molecule has 1 fully saturated rings. The average Bonchev–Trinajstić information content (AvgIpc) is 3.35. The lowest BCUT2D eigenvalue weighted by atomic mass is 10.2. The number of nitriles is 1. The van der Waals surface area contributed by atoms with Crippen molar-refractivity contribution in [3.8, 4) is 17.5 Å². The summed E-state index contributed by atoms with van der Waals surface area (Å²) >= 11 is 1.44. The lowest BCUT2D eigenvalue weighted by molar-refractivity contribution is -0.121. The Hall–Kier alpha value is -3.25. The molecule has 0 aliphatic heterocycles. The summed E-state index contributed by atoms with van der Waals surface area (Å²) in [5.74, 6) is 1.34. The molecular formula is C24H27N5O3S. The molecule has 0 atom stereocenters. The van der Waals surface area contributed by atoms with Gasteiger partial charge in [-0.05, 0) is 49.6 Å². The third-order valence-electron chi connectivity index (χ3n) is 5.68. The third-order valence-corrected chi connectivity index (χ3v) is 6.71. The molecule has 0 spiro atoms. The van der Waals surface area contributed by atoms with Gasteiger partial charge in [-0.25, -0.2) is 4.98 Å². The van der Waals surface area contributed by atoms with Gasteiger partial charge in [0.05, 0.1) is 30.2 Å². The van der Waals surface area contributed by atoms with Crippen molar-refractivity contribution in [2.45, 2.75) is 44.2 Å². The predicted octanol–water partition coefficient (Wildman–Crippen LogP) is 3.79. The van der Waals surface area contributed by atoms with Gasteiger partial charge in [-0.2, -0.15) is 5.26 Å². The van der Waals surface area contributed by atoms with E-state index in [9.17, 15) is 9.59 Å². The van der Waals surface area contributed by atoms with Crippen LogP contribution in [0.4, 0.5) is 0 Å². The number of fused-ring (bicyclic) bond motifs is 1. The number of hydrogen-bond acceptors (Lipinski definition) is 6. The Morgan fingerprint density at radius 2 is 2.12 bits per heavy atom. The quantitative estimate of drug-likeness (QED) is 0.253. The van der Waals surface area contributed by atoms with Gasteiger partial charge in [0.2, 0.25) is 5.91 Å². The van der Waals surface area contributed by atoms with E-state index in [1.54, 1.807) is 16.8 Å². The first-order valence-corrected chi connectivity index (χ1v) is 12.1. The molecule has 2 aromatic heterocycles. The van der Waals surface area contributed by atoms with Crippen LogP contribution in [0.15, 0.2) is 46.5 Å². The number of carbonyl (C=O) groups is 1. The Balaban J connectivity index is 1.47. The minimum Gasteiger partial charge on any atom is -0.493 e. The Labute approximate surface area is 196 Å². The third kappa shape index (κ3) is 5.76. The SMILES string of the molecule is CC1(COc2ccc(-n3c(SCCCC(=O)NCCC#N)nc4[nH]ccc4c3=O)cc2)CC1. The zero-order valence-corrected chi connectivity index (χ0v) is 19.4. The van der Waals surface area contributed by atoms with Crippen LogP contribution >= 0.6 is 11.8 Å². The van der Waals surface area contributed by atoms with Crippen LogP contribution in [0.25, 0.3) is 16.7 Å². The molecule has 1 aliphatic rings. The Morgan fingerprint density at radius 3 is 2.85 bits per heavy atom. The van der Waals surface area contributed by atoms with Crippen LogP contribution in [0.5, 0.6) is 5.75 Å². The fourth-order valence-corrected chi connectivity index (χ4v) is 4.30. The summed E-state index contributed by atoms with van der Waals surface area (Å²) in [5.41, 5.74) is 1.43. The second kappa shape index (κ2) is 10.1. The van der Waals surface area contributed by atoms with E-state index in [0.29, 0.717) is 59.8 Å².